The highest BCUT2D eigenvalue weighted by Gasteiger charge is 2.37. The monoisotopic (exact) mass is 498 g/mol. The van der Waals surface area contributed by atoms with Gasteiger partial charge in [-0.15, -0.1) is 0 Å². The van der Waals surface area contributed by atoms with Crippen LogP contribution in [0.3, 0.4) is 0 Å². The Labute approximate surface area is 202 Å². The highest BCUT2D eigenvalue weighted by atomic mass is 28.3. The molecule has 184 valence electrons. The van der Waals surface area contributed by atoms with Crippen LogP contribution in [0.1, 0.15) is 23.1 Å². The number of aromatic amines is 1. The van der Waals surface area contributed by atoms with Gasteiger partial charge >= 0.3 is 0 Å². The van der Waals surface area contributed by atoms with E-state index in [9.17, 15) is 18.8 Å². The van der Waals surface area contributed by atoms with Gasteiger partial charge in [0.25, 0.3) is 11.5 Å². The molecule has 2 amide bonds. The van der Waals surface area contributed by atoms with Crippen molar-refractivity contribution in [2.75, 3.05) is 19.0 Å². The summed E-state index contributed by atoms with van der Waals surface area (Å²) >= 11 is 0. The Kier molecular flexibility index (Phi) is 6.61. The van der Waals surface area contributed by atoms with Gasteiger partial charge in [-0.3, -0.25) is 14.4 Å². The first kappa shape index (κ1) is 24.4. The highest BCUT2D eigenvalue weighted by molar-refractivity contribution is 6.88. The normalized spacial score (nSPS) is 15.5. The quantitative estimate of drug-likeness (QED) is 0.504. The number of hydrogen-bond donors (Lipinski definition) is 2. The summed E-state index contributed by atoms with van der Waals surface area (Å²) in [5.41, 5.74) is 1.04. The molecular formula is C24H27FN4O5Si. The number of anilines is 1. The number of ether oxygens (including phenoxy) is 1. The van der Waals surface area contributed by atoms with Crippen molar-refractivity contribution in [1.29, 1.82) is 0 Å². The summed E-state index contributed by atoms with van der Waals surface area (Å²) in [4.78, 5) is 43.9. The number of carbonyl (C=O) groups is 2. The van der Waals surface area contributed by atoms with Crippen LogP contribution < -0.4 is 20.8 Å². The number of aromatic nitrogens is 2. The Morgan fingerprint density at radius 3 is 2.66 bits per heavy atom. The number of methoxy groups -OCH3 is 1. The van der Waals surface area contributed by atoms with Crippen molar-refractivity contribution in [3.05, 3.63) is 69.6 Å². The van der Waals surface area contributed by atoms with Crippen molar-refractivity contribution >= 4 is 30.8 Å². The fraction of sp³-hybridized carbons (Fsp3) is 0.333. The lowest BCUT2D eigenvalue weighted by molar-refractivity contribution is -0.139. The van der Waals surface area contributed by atoms with Crippen molar-refractivity contribution in [3.8, 4) is 5.88 Å². The highest BCUT2D eigenvalue weighted by Crippen LogP contribution is 2.32. The number of halogens is 1. The molecule has 1 aliphatic heterocycles. The molecule has 0 radical (unpaired) electrons. The van der Waals surface area contributed by atoms with Crippen LogP contribution in [-0.4, -0.2) is 48.6 Å². The molecule has 0 fully saturated rings. The fourth-order valence-electron chi connectivity index (χ4n) is 4.20. The smallest absolute Gasteiger partial charge is 0.280 e. The van der Waals surface area contributed by atoms with Gasteiger partial charge < -0.3 is 19.5 Å². The third-order valence-corrected chi connectivity index (χ3v) is 7.92. The second kappa shape index (κ2) is 9.49. The van der Waals surface area contributed by atoms with E-state index >= 15 is 0 Å². The number of nitrogens with zero attached hydrogens (tertiary/aromatic N) is 2. The molecule has 9 nitrogen and oxygen atoms in total. The summed E-state index contributed by atoms with van der Waals surface area (Å²) in [6, 6.07) is 8.20. The molecule has 11 heteroatoms. The van der Waals surface area contributed by atoms with E-state index in [1.165, 1.54) is 24.1 Å². The molecule has 1 aromatic carbocycles. The zero-order valence-corrected chi connectivity index (χ0v) is 21.0. The molecule has 0 bridgehead atoms. The lowest BCUT2D eigenvalue weighted by atomic mass is 9.95. The molecule has 1 atom stereocenters. The molecule has 0 spiro atoms. The van der Waals surface area contributed by atoms with Crippen LogP contribution in [0.5, 0.6) is 5.88 Å². The van der Waals surface area contributed by atoms with Gasteiger partial charge in [-0.2, -0.15) is 5.16 Å². The number of carbonyl (C=O) groups excluding carboxylic acids is 2. The molecule has 2 N–H and O–H groups in total. The van der Waals surface area contributed by atoms with Crippen LogP contribution in [0.2, 0.25) is 19.6 Å². The Morgan fingerprint density at radius 2 is 2.03 bits per heavy atom. The number of hydrogen-bond acceptors (Lipinski definition) is 6. The summed E-state index contributed by atoms with van der Waals surface area (Å²) in [6.45, 7) is 6.35. The molecule has 3 aromatic rings. The number of benzene rings is 1. The molecule has 4 rings (SSSR count). The standard InChI is InChI=1S/C24H27FN4O5Si/c1-33-21-8-6-16-18(27-21)9-10-29(22(31)13-15-12-20(30)28-34-15)23(16)24(32)26-14-5-7-19(17(25)11-14)35(2,3)4/h5-8,11-12,23H,9-10,13H2,1-4H3,(H,26,32)(H,28,30). The van der Waals surface area contributed by atoms with Crippen molar-refractivity contribution < 1.29 is 23.2 Å². The van der Waals surface area contributed by atoms with Gasteiger partial charge in [0.05, 0.1) is 27.3 Å². The van der Waals surface area contributed by atoms with Crippen LogP contribution in [-0.2, 0) is 22.4 Å². The van der Waals surface area contributed by atoms with Gasteiger partial charge in [0.15, 0.2) is 0 Å². The third kappa shape index (κ3) is 5.19. The number of H-pyrrole nitrogens is 1. The number of pyridine rings is 1. The van der Waals surface area contributed by atoms with E-state index in [0.29, 0.717) is 34.4 Å². The average molecular weight is 499 g/mol. The lowest BCUT2D eigenvalue weighted by Gasteiger charge is -2.36. The molecule has 0 saturated carbocycles. The summed E-state index contributed by atoms with van der Waals surface area (Å²) < 4.78 is 25.0. The van der Waals surface area contributed by atoms with E-state index in [0.717, 1.165) is 0 Å². The fourth-order valence-corrected chi connectivity index (χ4v) is 5.57. The third-order valence-electron chi connectivity index (χ3n) is 5.90. The molecule has 1 aliphatic rings. The minimum absolute atomic E-state index is 0.168. The SMILES string of the molecule is COc1ccc2c(n1)CCN(C(=O)Cc1cc(=O)[nH]o1)C2C(=O)Nc1ccc([Si](C)(C)C)c(F)c1. The van der Waals surface area contributed by atoms with Gasteiger partial charge in [0.2, 0.25) is 11.8 Å². The summed E-state index contributed by atoms with van der Waals surface area (Å²) in [5, 5.41) is 5.58. The Hall–Kier alpha value is -3.73. The van der Waals surface area contributed by atoms with Crippen molar-refractivity contribution in [1.82, 2.24) is 15.0 Å². The molecule has 1 unspecified atom stereocenters. The second-order valence-electron chi connectivity index (χ2n) is 9.42. The van der Waals surface area contributed by atoms with Gasteiger partial charge in [-0.1, -0.05) is 25.7 Å². The molecule has 2 aromatic heterocycles. The molecule has 35 heavy (non-hydrogen) atoms. The predicted octanol–water partition coefficient (Wildman–Crippen LogP) is 2.36. The maximum Gasteiger partial charge on any atom is 0.280 e. The van der Waals surface area contributed by atoms with Gasteiger partial charge in [-0.05, 0) is 23.4 Å². The molecule has 0 aliphatic carbocycles. The van der Waals surface area contributed by atoms with Crippen LogP contribution in [0, 0.1) is 5.82 Å². The van der Waals surface area contributed by atoms with Gasteiger partial charge in [-0.25, -0.2) is 9.37 Å². The van der Waals surface area contributed by atoms with E-state index < -0.39 is 31.5 Å². The van der Waals surface area contributed by atoms with Crippen LogP contribution in [0.25, 0.3) is 0 Å². The summed E-state index contributed by atoms with van der Waals surface area (Å²) in [7, 11) is -0.384. The van der Waals surface area contributed by atoms with Crippen LogP contribution >= 0.6 is 0 Å². The lowest BCUT2D eigenvalue weighted by Crippen LogP contribution is -2.46. The van der Waals surface area contributed by atoms with Crippen LogP contribution in [0.4, 0.5) is 10.1 Å². The first-order chi connectivity index (χ1) is 16.6. The predicted molar refractivity (Wildman–Crippen MR) is 130 cm³/mol. The minimum Gasteiger partial charge on any atom is -0.481 e. The maximum absolute atomic E-state index is 14.8. The Balaban J connectivity index is 1.65. The molecule has 3 heterocycles. The van der Waals surface area contributed by atoms with Crippen molar-refractivity contribution in [2.45, 2.75) is 38.5 Å². The van der Waals surface area contributed by atoms with E-state index in [4.69, 9.17) is 9.26 Å². The Bertz CT molecular complexity index is 1330. The van der Waals surface area contributed by atoms with E-state index in [1.54, 1.807) is 24.3 Å². The van der Waals surface area contributed by atoms with E-state index in [2.05, 4.69) is 15.5 Å². The minimum atomic E-state index is -1.89. The first-order valence-electron chi connectivity index (χ1n) is 11.2. The molecule has 0 saturated heterocycles. The van der Waals surface area contributed by atoms with Gasteiger partial charge in [0.1, 0.15) is 17.6 Å². The van der Waals surface area contributed by atoms with Gasteiger partial charge in [0, 0.05) is 36.3 Å². The summed E-state index contributed by atoms with van der Waals surface area (Å²) in [5.74, 6) is -0.688. The first-order valence-corrected chi connectivity index (χ1v) is 14.7. The molecular weight excluding hydrogens is 471 g/mol. The average Bonchev–Trinajstić information content (AvgIpc) is 3.21. The zero-order valence-electron chi connectivity index (χ0n) is 20.0. The van der Waals surface area contributed by atoms with Crippen molar-refractivity contribution in [2.24, 2.45) is 0 Å². The zero-order chi connectivity index (χ0) is 25.3. The maximum atomic E-state index is 14.8. The topological polar surface area (TPSA) is 118 Å². The van der Waals surface area contributed by atoms with Crippen LogP contribution in [0.15, 0.2) is 45.7 Å². The number of nitrogens with one attached hydrogen (secondary N) is 2. The summed E-state index contributed by atoms with van der Waals surface area (Å²) in [6.07, 6.45) is 0.222. The number of fused-ring (bicyclic) bond motifs is 1. The number of amides is 2. The largest absolute Gasteiger partial charge is 0.481 e. The number of rotatable bonds is 6. The Morgan fingerprint density at radius 1 is 1.26 bits per heavy atom. The second-order valence-corrected chi connectivity index (χ2v) is 14.5. The van der Waals surface area contributed by atoms with E-state index in [1.807, 2.05) is 19.6 Å². The van der Waals surface area contributed by atoms with E-state index in [-0.39, 0.29) is 24.5 Å². The van der Waals surface area contributed by atoms with Crippen molar-refractivity contribution in [3.63, 3.8) is 0 Å².